The highest BCUT2D eigenvalue weighted by molar-refractivity contribution is 5.98. The Labute approximate surface area is 115 Å². The van der Waals surface area contributed by atoms with Crippen molar-refractivity contribution in [3.05, 3.63) is 33.4 Å². The Bertz CT molecular complexity index is 622. The number of nitrogens with zero attached hydrogens (tertiary/aromatic N) is 2. The number of hydrogen-bond acceptors (Lipinski definition) is 6. The average molecular weight is 304 g/mol. The van der Waals surface area contributed by atoms with E-state index in [1.165, 1.54) is 13.0 Å². The third-order valence-corrected chi connectivity index (χ3v) is 2.15. The summed E-state index contributed by atoms with van der Waals surface area (Å²) in [5.41, 5.74) is -2.69. The number of nitriles is 1. The first-order valence-corrected chi connectivity index (χ1v) is 5.35. The van der Waals surface area contributed by atoms with E-state index in [1.807, 2.05) is 0 Å². The molecule has 0 fully saturated rings. The molecular weight excluding hydrogens is 297 g/mol. The predicted octanol–water partition coefficient (Wildman–Crippen LogP) is 2.54. The summed E-state index contributed by atoms with van der Waals surface area (Å²) in [5.74, 6) is -2.64. The molecule has 0 aliphatic carbocycles. The Balaban J connectivity index is 3.61. The highest BCUT2D eigenvalue weighted by Gasteiger charge is 2.38. The van der Waals surface area contributed by atoms with Gasteiger partial charge in [-0.3, -0.25) is 10.1 Å². The van der Waals surface area contributed by atoms with E-state index in [2.05, 4.69) is 9.47 Å². The smallest absolute Gasteiger partial charge is 0.462 e. The molecule has 0 N–H and O–H groups in total. The number of benzene rings is 1. The lowest BCUT2D eigenvalue weighted by Gasteiger charge is -2.13. The fourth-order valence-corrected chi connectivity index (χ4v) is 1.43. The third kappa shape index (κ3) is 3.82. The van der Waals surface area contributed by atoms with Crippen molar-refractivity contribution >= 4 is 11.7 Å². The summed E-state index contributed by atoms with van der Waals surface area (Å²) >= 11 is 0. The minimum atomic E-state index is -5.23. The monoisotopic (exact) mass is 304 g/mol. The lowest BCUT2D eigenvalue weighted by molar-refractivity contribution is -0.385. The quantitative estimate of drug-likeness (QED) is 0.481. The van der Waals surface area contributed by atoms with Gasteiger partial charge in [-0.15, -0.1) is 13.2 Å². The number of ether oxygens (including phenoxy) is 2. The van der Waals surface area contributed by atoms with E-state index in [4.69, 9.17) is 5.26 Å². The van der Waals surface area contributed by atoms with Crippen molar-refractivity contribution in [2.75, 3.05) is 6.61 Å². The number of hydrogen-bond donors (Lipinski definition) is 0. The van der Waals surface area contributed by atoms with Crippen molar-refractivity contribution in [2.45, 2.75) is 13.3 Å². The Morgan fingerprint density at radius 3 is 2.52 bits per heavy atom. The summed E-state index contributed by atoms with van der Waals surface area (Å²) in [6.07, 6.45) is -5.23. The number of halogens is 3. The number of esters is 1. The van der Waals surface area contributed by atoms with Gasteiger partial charge in [0.2, 0.25) is 0 Å². The second-order valence-electron chi connectivity index (χ2n) is 3.47. The highest BCUT2D eigenvalue weighted by atomic mass is 19.4. The Kier molecular flexibility index (Phi) is 4.70. The molecule has 0 unspecified atom stereocenters. The molecule has 10 heteroatoms. The molecule has 1 aromatic carbocycles. The number of carbonyl (C=O) groups excluding carboxylic acids is 1. The molecule has 0 radical (unpaired) electrons. The van der Waals surface area contributed by atoms with Crippen LogP contribution in [0.1, 0.15) is 22.8 Å². The molecular formula is C11H7F3N2O5. The first-order chi connectivity index (χ1) is 9.71. The van der Waals surface area contributed by atoms with E-state index in [0.29, 0.717) is 0 Å². The first-order valence-electron chi connectivity index (χ1n) is 5.35. The van der Waals surface area contributed by atoms with Gasteiger partial charge in [0.1, 0.15) is 6.07 Å². The molecule has 0 atom stereocenters. The Hall–Kier alpha value is -2.83. The molecule has 0 amide bonds. The maximum Gasteiger partial charge on any atom is 0.573 e. The standard InChI is InChI=1S/C11H7F3N2O5/c1-2-20-10(17)8-7(16(18)19)4-3-6(5-15)9(8)21-11(12,13)14/h3-4H,2H2,1H3. The van der Waals surface area contributed by atoms with E-state index in [9.17, 15) is 28.1 Å². The summed E-state index contributed by atoms with van der Waals surface area (Å²) in [4.78, 5) is 21.4. The number of alkyl halides is 3. The van der Waals surface area contributed by atoms with E-state index in [1.54, 1.807) is 0 Å². The van der Waals surface area contributed by atoms with Gasteiger partial charge in [-0.2, -0.15) is 5.26 Å². The Morgan fingerprint density at radius 1 is 1.48 bits per heavy atom. The van der Waals surface area contributed by atoms with Crippen molar-refractivity contribution in [1.82, 2.24) is 0 Å². The van der Waals surface area contributed by atoms with Crippen LogP contribution < -0.4 is 4.74 Å². The fraction of sp³-hybridized carbons (Fsp3) is 0.273. The van der Waals surface area contributed by atoms with Crippen LogP contribution in [0.5, 0.6) is 5.75 Å². The largest absolute Gasteiger partial charge is 0.573 e. The topological polar surface area (TPSA) is 102 Å². The van der Waals surface area contributed by atoms with Gasteiger partial charge in [0.05, 0.1) is 17.1 Å². The summed E-state index contributed by atoms with van der Waals surface area (Å²) in [6.45, 7) is 1.14. The van der Waals surface area contributed by atoms with Crippen molar-refractivity contribution in [3.63, 3.8) is 0 Å². The van der Waals surface area contributed by atoms with E-state index in [-0.39, 0.29) is 6.61 Å². The van der Waals surface area contributed by atoms with Crippen molar-refractivity contribution in [3.8, 4) is 11.8 Å². The first kappa shape index (κ1) is 16.2. The molecule has 0 aliphatic rings. The van der Waals surface area contributed by atoms with E-state index < -0.39 is 39.8 Å². The zero-order chi connectivity index (χ0) is 16.2. The number of rotatable bonds is 4. The molecule has 1 rings (SSSR count). The normalized spacial score (nSPS) is 10.6. The molecule has 0 saturated heterocycles. The molecule has 0 saturated carbocycles. The maximum absolute atomic E-state index is 12.4. The second-order valence-corrected chi connectivity index (χ2v) is 3.47. The summed E-state index contributed by atoms with van der Waals surface area (Å²) < 4.78 is 45.2. The van der Waals surface area contributed by atoms with Gasteiger partial charge in [-0.05, 0) is 13.0 Å². The lowest BCUT2D eigenvalue weighted by atomic mass is 10.1. The molecule has 112 valence electrons. The average Bonchev–Trinajstić information content (AvgIpc) is 2.36. The number of nitro groups is 1. The van der Waals surface area contributed by atoms with Crippen LogP contribution in [0.3, 0.4) is 0 Å². The van der Waals surface area contributed by atoms with Crippen LogP contribution >= 0.6 is 0 Å². The molecule has 0 aliphatic heterocycles. The number of nitro benzene ring substituents is 1. The predicted molar refractivity (Wildman–Crippen MR) is 60.5 cm³/mol. The van der Waals surface area contributed by atoms with Crippen molar-refractivity contribution in [1.29, 1.82) is 5.26 Å². The molecule has 0 bridgehead atoms. The van der Waals surface area contributed by atoms with Crippen LogP contribution in [-0.4, -0.2) is 23.9 Å². The minimum absolute atomic E-state index is 0.224. The molecule has 7 nitrogen and oxygen atoms in total. The molecule has 0 aromatic heterocycles. The SMILES string of the molecule is CCOC(=O)c1c([N+](=O)[O-])ccc(C#N)c1OC(F)(F)F. The number of carbonyl (C=O) groups is 1. The van der Waals surface area contributed by atoms with Crippen LogP contribution in [0.2, 0.25) is 0 Å². The van der Waals surface area contributed by atoms with Crippen LogP contribution in [0.25, 0.3) is 0 Å². The maximum atomic E-state index is 12.4. The van der Waals surface area contributed by atoms with Crippen LogP contribution in [0.15, 0.2) is 12.1 Å². The van der Waals surface area contributed by atoms with Gasteiger partial charge in [-0.1, -0.05) is 0 Å². The van der Waals surface area contributed by atoms with Gasteiger partial charge in [0.15, 0.2) is 11.3 Å². The fourth-order valence-electron chi connectivity index (χ4n) is 1.43. The minimum Gasteiger partial charge on any atom is -0.462 e. The van der Waals surface area contributed by atoms with Gasteiger partial charge >= 0.3 is 12.3 Å². The van der Waals surface area contributed by atoms with Gasteiger partial charge in [0, 0.05) is 6.07 Å². The Morgan fingerprint density at radius 2 is 2.10 bits per heavy atom. The highest BCUT2D eigenvalue weighted by Crippen LogP contribution is 2.36. The van der Waals surface area contributed by atoms with E-state index >= 15 is 0 Å². The molecule has 0 heterocycles. The van der Waals surface area contributed by atoms with Gasteiger partial charge < -0.3 is 9.47 Å². The second kappa shape index (κ2) is 6.08. The zero-order valence-corrected chi connectivity index (χ0v) is 10.4. The lowest BCUT2D eigenvalue weighted by Crippen LogP contribution is -2.21. The van der Waals surface area contributed by atoms with Crippen LogP contribution in [0.4, 0.5) is 18.9 Å². The van der Waals surface area contributed by atoms with Crippen molar-refractivity contribution in [2.24, 2.45) is 0 Å². The van der Waals surface area contributed by atoms with E-state index in [0.717, 1.165) is 12.1 Å². The van der Waals surface area contributed by atoms with Crippen LogP contribution in [-0.2, 0) is 4.74 Å². The van der Waals surface area contributed by atoms with Crippen LogP contribution in [0, 0.1) is 21.4 Å². The summed E-state index contributed by atoms with van der Waals surface area (Å²) in [6, 6.07) is 2.85. The summed E-state index contributed by atoms with van der Waals surface area (Å²) in [5, 5.41) is 19.6. The summed E-state index contributed by atoms with van der Waals surface area (Å²) in [7, 11) is 0. The molecule has 21 heavy (non-hydrogen) atoms. The third-order valence-electron chi connectivity index (χ3n) is 2.15. The van der Waals surface area contributed by atoms with Crippen molar-refractivity contribution < 1.29 is 32.4 Å². The van der Waals surface area contributed by atoms with Gasteiger partial charge in [0.25, 0.3) is 5.69 Å². The molecule has 1 aromatic rings. The molecule has 0 spiro atoms. The zero-order valence-electron chi connectivity index (χ0n) is 10.4. The van der Waals surface area contributed by atoms with Gasteiger partial charge in [-0.25, -0.2) is 4.79 Å².